The van der Waals surface area contributed by atoms with Crippen molar-refractivity contribution in [3.8, 4) is 5.75 Å². The Labute approximate surface area is 143 Å². The van der Waals surface area contributed by atoms with E-state index in [0.29, 0.717) is 5.56 Å². The standard InChI is InChI=1S/C17H14O7S/c1-23-17(21)15-12(25(2)22)4-3-10-14(15)16(20)13-9(19)5-8(7-18)6-11(13)24-10/h3-6,18-19H,7H2,1-2H3. The normalized spacial score (nSPS) is 12.4. The Kier molecular flexibility index (Phi) is 4.32. The van der Waals surface area contributed by atoms with Gasteiger partial charge in [-0.1, -0.05) is 0 Å². The highest BCUT2D eigenvalue weighted by molar-refractivity contribution is 7.84. The Morgan fingerprint density at radius 2 is 1.96 bits per heavy atom. The van der Waals surface area contributed by atoms with E-state index in [1.807, 2.05) is 0 Å². The van der Waals surface area contributed by atoms with Crippen molar-refractivity contribution in [2.45, 2.75) is 11.5 Å². The number of phenolic OH excluding ortho intramolecular Hbond substituents is 1. The van der Waals surface area contributed by atoms with E-state index in [9.17, 15) is 24.0 Å². The maximum absolute atomic E-state index is 12.9. The van der Waals surface area contributed by atoms with Crippen LogP contribution >= 0.6 is 0 Å². The molecular weight excluding hydrogens is 348 g/mol. The third-order valence-electron chi connectivity index (χ3n) is 3.83. The summed E-state index contributed by atoms with van der Waals surface area (Å²) in [6.45, 7) is -0.341. The highest BCUT2D eigenvalue weighted by atomic mass is 32.2. The van der Waals surface area contributed by atoms with Crippen LogP contribution in [0.15, 0.2) is 38.4 Å². The number of fused-ring (bicyclic) bond motifs is 2. The number of carbonyl (C=O) groups excluding carboxylic acids is 1. The molecule has 130 valence electrons. The van der Waals surface area contributed by atoms with Gasteiger partial charge in [-0.2, -0.15) is 0 Å². The lowest BCUT2D eigenvalue weighted by molar-refractivity contribution is 0.0599. The molecule has 3 aromatic rings. The molecule has 0 saturated heterocycles. The van der Waals surface area contributed by atoms with Gasteiger partial charge in [-0.05, 0) is 29.8 Å². The molecule has 2 N–H and O–H groups in total. The molecule has 0 radical (unpaired) electrons. The van der Waals surface area contributed by atoms with Crippen LogP contribution in [0, 0.1) is 0 Å². The zero-order chi connectivity index (χ0) is 18.3. The number of aliphatic hydroxyl groups is 1. The third-order valence-corrected chi connectivity index (χ3v) is 4.79. The smallest absolute Gasteiger partial charge is 0.339 e. The van der Waals surface area contributed by atoms with Crippen molar-refractivity contribution in [1.29, 1.82) is 0 Å². The van der Waals surface area contributed by atoms with E-state index in [2.05, 4.69) is 0 Å². The molecule has 2 aromatic carbocycles. The minimum absolute atomic E-state index is 0.0720. The van der Waals surface area contributed by atoms with Crippen molar-refractivity contribution in [2.75, 3.05) is 13.4 Å². The second-order valence-electron chi connectivity index (χ2n) is 5.33. The lowest BCUT2D eigenvalue weighted by Gasteiger charge is -2.10. The first-order valence-corrected chi connectivity index (χ1v) is 8.72. The Morgan fingerprint density at radius 3 is 2.56 bits per heavy atom. The molecule has 0 spiro atoms. The van der Waals surface area contributed by atoms with Gasteiger partial charge in [-0.15, -0.1) is 0 Å². The van der Waals surface area contributed by atoms with Crippen molar-refractivity contribution in [2.24, 2.45) is 0 Å². The predicted molar refractivity (Wildman–Crippen MR) is 91.2 cm³/mol. The minimum atomic E-state index is -1.55. The number of esters is 1. The summed E-state index contributed by atoms with van der Waals surface area (Å²) in [6, 6.07) is 5.53. The van der Waals surface area contributed by atoms with E-state index in [1.54, 1.807) is 0 Å². The molecule has 0 fully saturated rings. The maximum atomic E-state index is 12.9. The van der Waals surface area contributed by atoms with Gasteiger partial charge in [0.05, 0.1) is 40.4 Å². The van der Waals surface area contributed by atoms with Gasteiger partial charge in [0.1, 0.15) is 22.3 Å². The number of phenols is 1. The van der Waals surface area contributed by atoms with Crippen LogP contribution in [0.1, 0.15) is 15.9 Å². The molecule has 1 unspecified atom stereocenters. The number of rotatable bonds is 3. The quantitative estimate of drug-likeness (QED) is 0.538. The first-order chi connectivity index (χ1) is 11.9. The van der Waals surface area contributed by atoms with Crippen molar-refractivity contribution in [3.63, 3.8) is 0 Å². The van der Waals surface area contributed by atoms with Crippen LogP contribution in [-0.4, -0.2) is 33.8 Å². The summed E-state index contributed by atoms with van der Waals surface area (Å²) < 4.78 is 22.3. The van der Waals surface area contributed by atoms with Gasteiger partial charge < -0.3 is 19.4 Å². The number of carbonyl (C=O) groups is 1. The number of aliphatic hydroxyl groups excluding tert-OH is 1. The Bertz CT molecular complexity index is 1100. The van der Waals surface area contributed by atoms with Crippen LogP contribution in [0.3, 0.4) is 0 Å². The van der Waals surface area contributed by atoms with Crippen molar-refractivity contribution >= 4 is 38.7 Å². The molecule has 1 atom stereocenters. The van der Waals surface area contributed by atoms with Crippen LogP contribution in [0.2, 0.25) is 0 Å². The fourth-order valence-electron chi connectivity index (χ4n) is 2.72. The van der Waals surface area contributed by atoms with Crippen LogP contribution in [0.5, 0.6) is 5.75 Å². The Balaban J connectivity index is 2.57. The zero-order valence-corrected chi connectivity index (χ0v) is 14.2. The minimum Gasteiger partial charge on any atom is -0.507 e. The fourth-order valence-corrected chi connectivity index (χ4v) is 3.45. The summed E-state index contributed by atoms with van der Waals surface area (Å²) in [5.74, 6) is -1.20. The van der Waals surface area contributed by atoms with Gasteiger partial charge in [0, 0.05) is 6.26 Å². The SMILES string of the molecule is COC(=O)c1c(S(C)=O)ccc2oc3cc(CO)cc(O)c3c(=O)c12. The second kappa shape index (κ2) is 6.30. The summed E-state index contributed by atoms with van der Waals surface area (Å²) in [4.78, 5) is 25.3. The summed E-state index contributed by atoms with van der Waals surface area (Å²) >= 11 is 0. The zero-order valence-electron chi connectivity index (χ0n) is 13.4. The topological polar surface area (TPSA) is 114 Å². The molecule has 1 aromatic heterocycles. The average Bonchev–Trinajstić information content (AvgIpc) is 2.59. The molecule has 1 heterocycles. The summed E-state index contributed by atoms with van der Waals surface area (Å²) in [5, 5.41) is 19.1. The molecule has 0 saturated carbocycles. The van der Waals surface area contributed by atoms with Crippen molar-refractivity contribution in [3.05, 3.63) is 45.6 Å². The highest BCUT2D eigenvalue weighted by Gasteiger charge is 2.24. The molecule has 8 heteroatoms. The lowest BCUT2D eigenvalue weighted by atomic mass is 10.0. The van der Waals surface area contributed by atoms with Gasteiger partial charge in [0.2, 0.25) is 5.43 Å². The summed E-state index contributed by atoms with van der Waals surface area (Å²) in [6.07, 6.45) is 1.38. The van der Waals surface area contributed by atoms with E-state index in [4.69, 9.17) is 9.15 Å². The molecule has 7 nitrogen and oxygen atoms in total. The van der Waals surface area contributed by atoms with Gasteiger partial charge in [0.15, 0.2) is 0 Å². The number of methoxy groups -OCH3 is 1. The summed E-state index contributed by atoms with van der Waals surface area (Å²) in [7, 11) is -0.398. The molecular formula is C17H14O7S. The largest absolute Gasteiger partial charge is 0.507 e. The molecule has 3 rings (SSSR count). The van der Waals surface area contributed by atoms with Gasteiger partial charge in [0.25, 0.3) is 0 Å². The third kappa shape index (κ3) is 2.69. The predicted octanol–water partition coefficient (Wildman–Crippen LogP) is 1.67. The Morgan fingerprint density at radius 1 is 1.24 bits per heavy atom. The number of hydrogen-bond donors (Lipinski definition) is 2. The van der Waals surface area contributed by atoms with Crippen molar-refractivity contribution in [1.82, 2.24) is 0 Å². The number of ether oxygens (including phenoxy) is 1. The van der Waals surface area contributed by atoms with Crippen LogP contribution in [-0.2, 0) is 22.1 Å². The van der Waals surface area contributed by atoms with E-state index >= 15 is 0 Å². The van der Waals surface area contributed by atoms with Crippen molar-refractivity contribution < 1.29 is 28.4 Å². The van der Waals surface area contributed by atoms with Gasteiger partial charge in [-0.25, -0.2) is 4.79 Å². The molecule has 25 heavy (non-hydrogen) atoms. The monoisotopic (exact) mass is 362 g/mol. The molecule has 0 amide bonds. The van der Waals surface area contributed by atoms with Crippen LogP contribution in [0.25, 0.3) is 21.9 Å². The van der Waals surface area contributed by atoms with Crippen LogP contribution < -0.4 is 5.43 Å². The molecule has 0 aliphatic carbocycles. The number of aromatic hydroxyl groups is 1. The fraction of sp³-hybridized carbons (Fsp3) is 0.176. The van der Waals surface area contributed by atoms with Gasteiger partial charge >= 0.3 is 5.97 Å². The number of benzene rings is 2. The van der Waals surface area contributed by atoms with E-state index < -0.39 is 22.2 Å². The summed E-state index contributed by atoms with van der Waals surface area (Å²) in [5.41, 5.74) is -0.274. The number of hydrogen-bond acceptors (Lipinski definition) is 7. The van der Waals surface area contributed by atoms with Gasteiger partial charge in [-0.3, -0.25) is 9.00 Å². The Hall–Kier alpha value is -2.71. The molecule has 0 aliphatic heterocycles. The van der Waals surface area contributed by atoms with E-state index in [1.165, 1.54) is 30.5 Å². The first-order valence-electron chi connectivity index (χ1n) is 7.17. The van der Waals surface area contributed by atoms with E-state index in [-0.39, 0.29) is 44.8 Å². The molecule has 0 aliphatic rings. The van der Waals surface area contributed by atoms with Crippen LogP contribution in [0.4, 0.5) is 0 Å². The highest BCUT2D eigenvalue weighted by Crippen LogP contribution is 2.30. The van der Waals surface area contributed by atoms with E-state index in [0.717, 1.165) is 7.11 Å². The molecule has 0 bridgehead atoms. The lowest BCUT2D eigenvalue weighted by Crippen LogP contribution is -2.14. The maximum Gasteiger partial charge on any atom is 0.339 e. The first kappa shape index (κ1) is 17.1. The second-order valence-corrected chi connectivity index (χ2v) is 6.68. The average molecular weight is 362 g/mol.